The van der Waals surface area contributed by atoms with Crippen LogP contribution in [0.25, 0.3) is 0 Å². The number of carbonyl (C=O) groups is 1. The van der Waals surface area contributed by atoms with Gasteiger partial charge in [-0.3, -0.25) is 4.79 Å². The molecular weight excluding hydrogens is 216 g/mol. The van der Waals surface area contributed by atoms with Gasteiger partial charge in [0, 0.05) is 25.1 Å². The number of rotatable bonds is 6. The molecule has 0 aliphatic heterocycles. The zero-order valence-corrected chi connectivity index (χ0v) is 10.4. The molecule has 17 heavy (non-hydrogen) atoms. The van der Waals surface area contributed by atoms with Crippen LogP contribution in [0.15, 0.2) is 24.3 Å². The summed E-state index contributed by atoms with van der Waals surface area (Å²) in [5, 5.41) is 2.81. The molecule has 0 saturated carbocycles. The molecule has 0 aliphatic carbocycles. The maximum atomic E-state index is 11.3. The molecule has 0 heterocycles. The first-order chi connectivity index (χ1) is 8.13. The van der Waals surface area contributed by atoms with Crippen molar-refractivity contribution in [3.8, 4) is 5.75 Å². The Kier molecular flexibility index (Phi) is 5.49. The number of benzene rings is 1. The second-order valence-corrected chi connectivity index (χ2v) is 4.09. The van der Waals surface area contributed by atoms with E-state index in [9.17, 15) is 4.79 Å². The molecular formula is C13H20N2O2. The van der Waals surface area contributed by atoms with Crippen LogP contribution < -0.4 is 15.8 Å². The van der Waals surface area contributed by atoms with Crippen LogP contribution in [0.1, 0.15) is 25.8 Å². The highest BCUT2D eigenvalue weighted by molar-refractivity contribution is 5.76. The molecule has 0 saturated heterocycles. The van der Waals surface area contributed by atoms with E-state index in [0.29, 0.717) is 19.5 Å². The average Bonchev–Trinajstić information content (AvgIpc) is 2.27. The van der Waals surface area contributed by atoms with Gasteiger partial charge in [-0.2, -0.15) is 0 Å². The first-order valence-electron chi connectivity index (χ1n) is 5.84. The molecule has 1 aromatic carbocycles. The fourth-order valence-electron chi connectivity index (χ4n) is 1.43. The molecule has 0 spiro atoms. The maximum Gasteiger partial charge on any atom is 0.221 e. The van der Waals surface area contributed by atoms with Gasteiger partial charge in [0.2, 0.25) is 5.91 Å². The zero-order chi connectivity index (χ0) is 12.7. The minimum Gasteiger partial charge on any atom is -0.491 e. The maximum absolute atomic E-state index is 11.3. The van der Waals surface area contributed by atoms with Crippen LogP contribution >= 0.6 is 0 Å². The van der Waals surface area contributed by atoms with Gasteiger partial charge >= 0.3 is 0 Å². The molecule has 94 valence electrons. The number of ether oxygens (including phenoxy) is 1. The van der Waals surface area contributed by atoms with Crippen LogP contribution in [0.3, 0.4) is 0 Å². The van der Waals surface area contributed by atoms with Crippen molar-refractivity contribution in [3.05, 3.63) is 29.8 Å². The van der Waals surface area contributed by atoms with E-state index in [1.165, 1.54) is 0 Å². The van der Waals surface area contributed by atoms with Gasteiger partial charge in [0.25, 0.3) is 0 Å². The first kappa shape index (κ1) is 13.5. The Morgan fingerprint density at radius 3 is 2.76 bits per heavy atom. The quantitative estimate of drug-likeness (QED) is 0.785. The van der Waals surface area contributed by atoms with Gasteiger partial charge in [-0.15, -0.1) is 0 Å². The van der Waals surface area contributed by atoms with Crippen LogP contribution in [-0.2, 0) is 11.3 Å². The Labute approximate surface area is 102 Å². The van der Waals surface area contributed by atoms with Crippen molar-refractivity contribution in [2.24, 2.45) is 5.73 Å². The molecule has 0 aromatic heterocycles. The van der Waals surface area contributed by atoms with Gasteiger partial charge in [0.1, 0.15) is 5.75 Å². The molecule has 0 radical (unpaired) electrons. The molecule has 0 unspecified atom stereocenters. The first-order valence-corrected chi connectivity index (χ1v) is 5.84. The van der Waals surface area contributed by atoms with Crippen LogP contribution in [0.2, 0.25) is 0 Å². The van der Waals surface area contributed by atoms with Gasteiger partial charge in [0.05, 0.1) is 6.10 Å². The van der Waals surface area contributed by atoms with Gasteiger partial charge in [-0.05, 0) is 19.9 Å². The van der Waals surface area contributed by atoms with Crippen LogP contribution in [0, 0.1) is 0 Å². The third-order valence-electron chi connectivity index (χ3n) is 2.18. The highest BCUT2D eigenvalue weighted by atomic mass is 16.5. The van der Waals surface area contributed by atoms with Crippen molar-refractivity contribution >= 4 is 5.91 Å². The summed E-state index contributed by atoms with van der Waals surface area (Å²) in [6, 6.07) is 7.70. The number of nitrogens with two attached hydrogens (primary N) is 1. The third-order valence-corrected chi connectivity index (χ3v) is 2.18. The van der Waals surface area contributed by atoms with Crippen molar-refractivity contribution in [3.63, 3.8) is 0 Å². The molecule has 3 N–H and O–H groups in total. The molecule has 4 heteroatoms. The lowest BCUT2D eigenvalue weighted by Crippen LogP contribution is -2.25. The van der Waals surface area contributed by atoms with Crippen molar-refractivity contribution in [1.29, 1.82) is 0 Å². The van der Waals surface area contributed by atoms with Gasteiger partial charge in [-0.1, -0.05) is 18.2 Å². The van der Waals surface area contributed by atoms with E-state index in [0.717, 1.165) is 11.3 Å². The standard InChI is InChI=1S/C13H20N2O2/c1-10(2)17-12-6-4-3-5-11(12)9-15-13(16)7-8-14/h3-6,10H,7-9,14H2,1-2H3,(H,15,16). The van der Waals surface area contributed by atoms with Crippen molar-refractivity contribution in [2.45, 2.75) is 32.9 Å². The molecule has 1 rings (SSSR count). The summed E-state index contributed by atoms with van der Waals surface area (Å²) < 4.78 is 5.66. The van der Waals surface area contributed by atoms with Crippen molar-refractivity contribution < 1.29 is 9.53 Å². The second kappa shape index (κ2) is 6.91. The summed E-state index contributed by atoms with van der Waals surface area (Å²) in [5.74, 6) is 0.780. The lowest BCUT2D eigenvalue weighted by atomic mass is 10.2. The van der Waals surface area contributed by atoms with E-state index in [1.54, 1.807) is 0 Å². The lowest BCUT2D eigenvalue weighted by molar-refractivity contribution is -0.121. The van der Waals surface area contributed by atoms with E-state index in [1.807, 2.05) is 38.1 Å². The smallest absolute Gasteiger partial charge is 0.221 e. The predicted molar refractivity (Wildman–Crippen MR) is 67.7 cm³/mol. The van der Waals surface area contributed by atoms with E-state index in [-0.39, 0.29) is 12.0 Å². The SMILES string of the molecule is CC(C)Oc1ccccc1CNC(=O)CCN. The Morgan fingerprint density at radius 1 is 1.41 bits per heavy atom. The van der Waals surface area contributed by atoms with Crippen LogP contribution in [0.4, 0.5) is 0 Å². The zero-order valence-electron chi connectivity index (χ0n) is 10.4. The number of para-hydroxylation sites is 1. The minimum atomic E-state index is -0.0353. The van der Waals surface area contributed by atoms with Gasteiger partial charge in [-0.25, -0.2) is 0 Å². The predicted octanol–water partition coefficient (Wildman–Crippen LogP) is 1.44. The van der Waals surface area contributed by atoms with Crippen molar-refractivity contribution in [1.82, 2.24) is 5.32 Å². The van der Waals surface area contributed by atoms with Crippen molar-refractivity contribution in [2.75, 3.05) is 6.54 Å². The number of amides is 1. The number of nitrogens with one attached hydrogen (secondary N) is 1. The average molecular weight is 236 g/mol. The molecule has 0 bridgehead atoms. The van der Waals surface area contributed by atoms with Gasteiger partial charge < -0.3 is 15.8 Å². The van der Waals surface area contributed by atoms with E-state index < -0.39 is 0 Å². The summed E-state index contributed by atoms with van der Waals surface area (Å²) in [7, 11) is 0. The summed E-state index contributed by atoms with van der Waals surface area (Å²) in [4.78, 5) is 11.3. The number of hydrogen-bond donors (Lipinski definition) is 2. The van der Waals surface area contributed by atoms with Crippen LogP contribution in [0.5, 0.6) is 5.75 Å². The summed E-state index contributed by atoms with van der Waals surface area (Å²) in [6.45, 7) is 4.80. The summed E-state index contributed by atoms with van der Waals surface area (Å²) >= 11 is 0. The summed E-state index contributed by atoms with van der Waals surface area (Å²) in [5.41, 5.74) is 6.29. The number of hydrogen-bond acceptors (Lipinski definition) is 3. The molecule has 0 fully saturated rings. The Balaban J connectivity index is 2.60. The Hall–Kier alpha value is -1.55. The Morgan fingerprint density at radius 2 is 2.12 bits per heavy atom. The molecule has 1 aromatic rings. The molecule has 0 aliphatic rings. The number of carbonyl (C=O) groups excluding carboxylic acids is 1. The van der Waals surface area contributed by atoms with E-state index in [2.05, 4.69) is 5.32 Å². The fraction of sp³-hybridized carbons (Fsp3) is 0.462. The molecule has 1 amide bonds. The van der Waals surface area contributed by atoms with E-state index >= 15 is 0 Å². The Bertz CT molecular complexity index is 364. The third kappa shape index (κ3) is 4.87. The van der Waals surface area contributed by atoms with E-state index in [4.69, 9.17) is 10.5 Å². The fourth-order valence-corrected chi connectivity index (χ4v) is 1.43. The highest BCUT2D eigenvalue weighted by Crippen LogP contribution is 2.18. The second-order valence-electron chi connectivity index (χ2n) is 4.09. The highest BCUT2D eigenvalue weighted by Gasteiger charge is 2.06. The topological polar surface area (TPSA) is 64.3 Å². The normalized spacial score (nSPS) is 10.4. The molecule has 4 nitrogen and oxygen atoms in total. The lowest BCUT2D eigenvalue weighted by Gasteiger charge is -2.14. The summed E-state index contributed by atoms with van der Waals surface area (Å²) in [6.07, 6.45) is 0.476. The van der Waals surface area contributed by atoms with Gasteiger partial charge in [0.15, 0.2) is 0 Å². The van der Waals surface area contributed by atoms with Crippen LogP contribution in [-0.4, -0.2) is 18.6 Å². The largest absolute Gasteiger partial charge is 0.491 e. The molecule has 0 atom stereocenters. The monoisotopic (exact) mass is 236 g/mol. The minimum absolute atomic E-state index is 0.0353.